The fourth-order valence-corrected chi connectivity index (χ4v) is 2.79. The van der Waals surface area contributed by atoms with Crippen LogP contribution in [-0.2, 0) is 0 Å². The molecule has 2 N–H and O–H groups in total. The van der Waals surface area contributed by atoms with Crippen LogP contribution in [0.25, 0.3) is 0 Å². The van der Waals surface area contributed by atoms with Gasteiger partial charge in [-0.25, -0.2) is 5.10 Å². The van der Waals surface area contributed by atoms with E-state index in [1.54, 1.807) is 0 Å². The summed E-state index contributed by atoms with van der Waals surface area (Å²) in [5.41, 5.74) is -0.0579. The molecule has 0 saturated heterocycles. The Morgan fingerprint density at radius 2 is 2.35 bits per heavy atom. The molecule has 0 bridgehead atoms. The highest BCUT2D eigenvalue weighted by Gasteiger charge is 2.22. The molecule has 1 aromatic heterocycles. The highest BCUT2D eigenvalue weighted by atomic mass is 79.9. The Morgan fingerprint density at radius 3 is 2.94 bits per heavy atom. The summed E-state index contributed by atoms with van der Waals surface area (Å²) < 4.78 is 0. The van der Waals surface area contributed by atoms with Gasteiger partial charge in [-0.05, 0) is 31.2 Å². The van der Waals surface area contributed by atoms with E-state index in [1.807, 2.05) is 0 Å². The summed E-state index contributed by atoms with van der Waals surface area (Å²) in [6.45, 7) is 0.668. The van der Waals surface area contributed by atoms with Crippen LogP contribution < -0.4 is 10.9 Å². The first-order valence-electron chi connectivity index (χ1n) is 5.63. The Bertz CT molecular complexity index is 440. The van der Waals surface area contributed by atoms with E-state index >= 15 is 0 Å². The summed E-state index contributed by atoms with van der Waals surface area (Å²) >= 11 is 3.57. The second-order valence-electron chi connectivity index (χ2n) is 4.29. The minimum atomic E-state index is -0.306. The van der Waals surface area contributed by atoms with Crippen molar-refractivity contribution in [3.05, 3.63) is 28.2 Å². The predicted octanol–water partition coefficient (Wildman–Crippen LogP) is 1.06. The van der Waals surface area contributed by atoms with Gasteiger partial charge in [0.1, 0.15) is 5.69 Å². The minimum Gasteiger partial charge on any atom is -0.350 e. The Hall–Kier alpha value is -1.17. The van der Waals surface area contributed by atoms with Crippen molar-refractivity contribution < 1.29 is 4.79 Å². The summed E-state index contributed by atoms with van der Waals surface area (Å²) in [6.07, 6.45) is 3.39. The molecule has 1 aromatic rings. The fraction of sp³-hybridized carbons (Fsp3) is 0.545. The van der Waals surface area contributed by atoms with Gasteiger partial charge in [-0.15, -0.1) is 0 Å². The first kappa shape index (κ1) is 12.3. The molecule has 1 aliphatic rings. The highest BCUT2D eigenvalue weighted by molar-refractivity contribution is 9.09. The number of hydrogen-bond donors (Lipinski definition) is 2. The Morgan fingerprint density at radius 1 is 1.53 bits per heavy atom. The second-order valence-corrected chi connectivity index (χ2v) is 5.59. The number of carbonyl (C=O) groups excluding carboxylic acids is 1. The lowest BCUT2D eigenvalue weighted by atomic mass is 10.1. The van der Waals surface area contributed by atoms with Gasteiger partial charge in [-0.1, -0.05) is 15.9 Å². The van der Waals surface area contributed by atoms with E-state index in [1.165, 1.54) is 12.1 Å². The summed E-state index contributed by atoms with van der Waals surface area (Å²) in [5.74, 6) is 0.297. The van der Waals surface area contributed by atoms with E-state index in [-0.39, 0.29) is 17.2 Å². The zero-order valence-electron chi connectivity index (χ0n) is 9.28. The molecule has 5 nitrogen and oxygen atoms in total. The average Bonchev–Trinajstić information content (AvgIpc) is 2.73. The van der Waals surface area contributed by atoms with Crippen LogP contribution in [0.4, 0.5) is 0 Å². The first-order chi connectivity index (χ1) is 8.15. The molecular formula is C11H14BrN3O2. The average molecular weight is 300 g/mol. The van der Waals surface area contributed by atoms with Gasteiger partial charge in [0.05, 0.1) is 0 Å². The molecule has 0 radical (unpaired) electrons. The highest BCUT2D eigenvalue weighted by Crippen LogP contribution is 2.29. The summed E-state index contributed by atoms with van der Waals surface area (Å²) in [7, 11) is 0. The van der Waals surface area contributed by atoms with Crippen molar-refractivity contribution >= 4 is 21.8 Å². The van der Waals surface area contributed by atoms with Gasteiger partial charge in [0.15, 0.2) is 0 Å². The number of halogens is 1. The van der Waals surface area contributed by atoms with E-state index < -0.39 is 0 Å². The number of amides is 1. The quantitative estimate of drug-likeness (QED) is 0.820. The fourth-order valence-electron chi connectivity index (χ4n) is 2.00. The Balaban J connectivity index is 1.85. The number of carbonyl (C=O) groups is 1. The molecule has 2 atom stereocenters. The standard InChI is InChI=1S/C11H14BrN3O2/c12-8-2-1-7(5-8)6-13-11(17)9-3-4-10(16)15-14-9/h3-4,7-8H,1-2,5-6H2,(H,13,17)(H,15,16). The molecular weight excluding hydrogens is 286 g/mol. The van der Waals surface area contributed by atoms with Crippen LogP contribution in [0.3, 0.4) is 0 Å². The number of hydrogen-bond acceptors (Lipinski definition) is 3. The van der Waals surface area contributed by atoms with Gasteiger partial charge in [-0.2, -0.15) is 5.10 Å². The van der Waals surface area contributed by atoms with Crippen molar-refractivity contribution in [2.75, 3.05) is 6.54 Å². The molecule has 1 amide bonds. The molecule has 1 saturated carbocycles. The van der Waals surface area contributed by atoms with Crippen LogP contribution in [-0.4, -0.2) is 27.5 Å². The number of nitrogens with one attached hydrogen (secondary N) is 2. The van der Waals surface area contributed by atoms with Gasteiger partial charge >= 0.3 is 0 Å². The van der Waals surface area contributed by atoms with Crippen molar-refractivity contribution in [2.45, 2.75) is 24.1 Å². The Labute approximate surface area is 107 Å². The molecule has 1 aliphatic carbocycles. The zero-order valence-corrected chi connectivity index (χ0v) is 10.9. The van der Waals surface area contributed by atoms with Crippen LogP contribution in [0.15, 0.2) is 16.9 Å². The normalized spacial score (nSPS) is 23.6. The summed E-state index contributed by atoms with van der Waals surface area (Å²) in [4.78, 5) is 23.1. The topological polar surface area (TPSA) is 74.8 Å². The maximum atomic E-state index is 11.7. The van der Waals surface area contributed by atoms with Gasteiger partial charge < -0.3 is 5.32 Å². The van der Waals surface area contributed by atoms with Crippen LogP contribution in [0.1, 0.15) is 29.8 Å². The van der Waals surface area contributed by atoms with Crippen molar-refractivity contribution in [2.24, 2.45) is 5.92 Å². The maximum absolute atomic E-state index is 11.7. The van der Waals surface area contributed by atoms with E-state index in [2.05, 4.69) is 31.4 Å². The lowest BCUT2D eigenvalue weighted by Gasteiger charge is -2.10. The largest absolute Gasteiger partial charge is 0.350 e. The van der Waals surface area contributed by atoms with E-state index in [9.17, 15) is 9.59 Å². The van der Waals surface area contributed by atoms with Crippen molar-refractivity contribution in [1.29, 1.82) is 0 Å². The van der Waals surface area contributed by atoms with E-state index in [4.69, 9.17) is 0 Å². The number of aromatic nitrogens is 2. The summed E-state index contributed by atoms with van der Waals surface area (Å²) in [6, 6.07) is 2.72. The van der Waals surface area contributed by atoms with Crippen LogP contribution in [0, 0.1) is 5.92 Å². The first-order valence-corrected chi connectivity index (χ1v) is 6.54. The number of rotatable bonds is 3. The monoisotopic (exact) mass is 299 g/mol. The van der Waals surface area contributed by atoms with Crippen molar-refractivity contribution in [3.8, 4) is 0 Å². The lowest BCUT2D eigenvalue weighted by molar-refractivity contribution is 0.0941. The van der Waals surface area contributed by atoms with E-state index in [0.717, 1.165) is 19.3 Å². The number of aromatic amines is 1. The zero-order chi connectivity index (χ0) is 12.3. The molecule has 2 rings (SSSR count). The molecule has 92 valence electrons. The maximum Gasteiger partial charge on any atom is 0.271 e. The van der Waals surface area contributed by atoms with Gasteiger partial charge in [-0.3, -0.25) is 9.59 Å². The summed E-state index contributed by atoms with van der Waals surface area (Å²) in [5, 5.41) is 8.76. The smallest absolute Gasteiger partial charge is 0.271 e. The third-order valence-corrected chi connectivity index (χ3v) is 3.77. The molecule has 0 aromatic carbocycles. The van der Waals surface area contributed by atoms with Crippen LogP contribution in [0.2, 0.25) is 0 Å². The molecule has 1 fully saturated rings. The molecule has 17 heavy (non-hydrogen) atoms. The molecule has 2 unspecified atom stereocenters. The van der Waals surface area contributed by atoms with Gasteiger partial charge in [0.25, 0.3) is 11.5 Å². The van der Waals surface area contributed by atoms with Crippen LogP contribution >= 0.6 is 15.9 Å². The molecule has 6 heteroatoms. The predicted molar refractivity (Wildman–Crippen MR) is 67.2 cm³/mol. The number of H-pyrrole nitrogens is 1. The molecule has 1 heterocycles. The second kappa shape index (κ2) is 5.44. The van der Waals surface area contributed by atoms with Crippen molar-refractivity contribution in [3.63, 3.8) is 0 Å². The SMILES string of the molecule is O=C(NCC1CCC(Br)C1)c1ccc(=O)[nH]n1. The third kappa shape index (κ3) is 3.39. The van der Waals surface area contributed by atoms with Crippen LogP contribution in [0.5, 0.6) is 0 Å². The number of alkyl halides is 1. The van der Waals surface area contributed by atoms with E-state index in [0.29, 0.717) is 17.3 Å². The Kier molecular flexibility index (Phi) is 3.93. The minimum absolute atomic E-state index is 0.237. The van der Waals surface area contributed by atoms with Gasteiger partial charge in [0, 0.05) is 17.4 Å². The van der Waals surface area contributed by atoms with Gasteiger partial charge in [0.2, 0.25) is 0 Å². The molecule has 0 spiro atoms. The third-order valence-electron chi connectivity index (χ3n) is 2.94. The molecule has 0 aliphatic heterocycles. The number of nitrogens with zero attached hydrogens (tertiary/aromatic N) is 1. The van der Waals surface area contributed by atoms with Crippen molar-refractivity contribution in [1.82, 2.24) is 15.5 Å². The lowest BCUT2D eigenvalue weighted by Crippen LogP contribution is -2.30.